The van der Waals surface area contributed by atoms with Crippen molar-refractivity contribution in [2.45, 2.75) is 18.7 Å². The Morgan fingerprint density at radius 2 is 1.93 bits per heavy atom. The van der Waals surface area contributed by atoms with Crippen LogP contribution in [0.2, 0.25) is 0 Å². The fourth-order valence-corrected chi connectivity index (χ4v) is 2.71. The minimum Gasteiger partial charge on any atom is -0.426 e. The SMILES string of the molecule is Cc1cc(C)c(OI)c(S(=O)(=O)O)c1. The highest BCUT2D eigenvalue weighted by molar-refractivity contribution is 14.1. The molecule has 6 heteroatoms. The molecule has 1 aromatic rings. The normalized spacial score (nSPS) is 11.4. The van der Waals surface area contributed by atoms with Gasteiger partial charge in [0.15, 0.2) is 28.8 Å². The predicted octanol–water partition coefficient (Wildman–Crippen LogP) is 2.28. The molecule has 0 spiro atoms. The van der Waals surface area contributed by atoms with Crippen molar-refractivity contribution >= 4 is 33.1 Å². The first-order chi connectivity index (χ1) is 6.36. The molecule has 0 aliphatic rings. The van der Waals surface area contributed by atoms with Crippen molar-refractivity contribution in [3.8, 4) is 5.75 Å². The summed E-state index contributed by atoms with van der Waals surface area (Å²) in [4.78, 5) is -0.190. The van der Waals surface area contributed by atoms with E-state index in [-0.39, 0.29) is 10.6 Å². The predicted molar refractivity (Wildman–Crippen MR) is 60.4 cm³/mol. The molecule has 0 fully saturated rings. The summed E-state index contributed by atoms with van der Waals surface area (Å²) < 4.78 is 35.8. The first-order valence-electron chi connectivity index (χ1n) is 3.73. The molecule has 0 aliphatic heterocycles. The van der Waals surface area contributed by atoms with Gasteiger partial charge < -0.3 is 3.07 Å². The van der Waals surface area contributed by atoms with Gasteiger partial charge in [0.1, 0.15) is 4.90 Å². The van der Waals surface area contributed by atoms with Crippen LogP contribution in [0.1, 0.15) is 11.1 Å². The summed E-state index contributed by atoms with van der Waals surface area (Å²) in [5.74, 6) is 0.179. The monoisotopic (exact) mass is 328 g/mol. The van der Waals surface area contributed by atoms with Gasteiger partial charge in [-0.05, 0) is 31.0 Å². The van der Waals surface area contributed by atoms with Crippen LogP contribution >= 0.6 is 23.0 Å². The third-order valence-electron chi connectivity index (χ3n) is 1.74. The van der Waals surface area contributed by atoms with E-state index in [9.17, 15) is 8.42 Å². The molecule has 0 unspecified atom stereocenters. The molecule has 4 nitrogen and oxygen atoms in total. The van der Waals surface area contributed by atoms with Gasteiger partial charge in [0.2, 0.25) is 0 Å². The van der Waals surface area contributed by atoms with Crippen LogP contribution in [-0.2, 0) is 10.1 Å². The van der Waals surface area contributed by atoms with Crippen LogP contribution < -0.4 is 3.07 Å². The van der Waals surface area contributed by atoms with Crippen LogP contribution in [0.5, 0.6) is 5.75 Å². The smallest absolute Gasteiger partial charge is 0.298 e. The minimum absolute atomic E-state index is 0.179. The third-order valence-corrected chi connectivity index (χ3v) is 3.04. The molecule has 0 aromatic heterocycles. The van der Waals surface area contributed by atoms with E-state index in [0.29, 0.717) is 5.56 Å². The van der Waals surface area contributed by atoms with Gasteiger partial charge in [0, 0.05) is 0 Å². The van der Waals surface area contributed by atoms with Crippen LogP contribution in [-0.4, -0.2) is 13.0 Å². The van der Waals surface area contributed by atoms with Gasteiger partial charge in [-0.25, -0.2) is 0 Å². The largest absolute Gasteiger partial charge is 0.426 e. The number of rotatable bonds is 2. The minimum atomic E-state index is -4.22. The van der Waals surface area contributed by atoms with Gasteiger partial charge in [-0.2, -0.15) is 8.42 Å². The van der Waals surface area contributed by atoms with Crippen LogP contribution in [0, 0.1) is 13.8 Å². The van der Waals surface area contributed by atoms with Crippen molar-refractivity contribution in [1.29, 1.82) is 0 Å². The van der Waals surface area contributed by atoms with Crippen molar-refractivity contribution in [1.82, 2.24) is 0 Å². The molecular formula is C8H9IO4S. The zero-order chi connectivity index (χ0) is 10.9. The zero-order valence-corrected chi connectivity index (χ0v) is 10.6. The number of aryl methyl sites for hydroxylation is 2. The van der Waals surface area contributed by atoms with Crippen LogP contribution in [0.15, 0.2) is 17.0 Å². The second kappa shape index (κ2) is 4.03. The van der Waals surface area contributed by atoms with Gasteiger partial charge >= 0.3 is 0 Å². The molecule has 0 saturated carbocycles. The van der Waals surface area contributed by atoms with E-state index in [1.807, 2.05) is 0 Å². The Kier molecular flexibility index (Phi) is 3.38. The van der Waals surface area contributed by atoms with Crippen LogP contribution in [0.3, 0.4) is 0 Å². The van der Waals surface area contributed by atoms with Gasteiger partial charge in [-0.15, -0.1) is 0 Å². The maximum atomic E-state index is 11.0. The molecule has 1 aromatic carbocycles. The third kappa shape index (κ3) is 2.37. The van der Waals surface area contributed by atoms with Gasteiger partial charge in [0.25, 0.3) is 10.1 Å². The molecular weight excluding hydrogens is 319 g/mol. The summed E-state index contributed by atoms with van der Waals surface area (Å²) in [5.41, 5.74) is 1.43. The number of halogens is 1. The van der Waals surface area contributed by atoms with Crippen molar-refractivity contribution in [3.63, 3.8) is 0 Å². The first kappa shape index (κ1) is 11.7. The lowest BCUT2D eigenvalue weighted by Gasteiger charge is -2.08. The summed E-state index contributed by atoms with van der Waals surface area (Å²) in [5, 5.41) is 0. The van der Waals surface area contributed by atoms with Crippen molar-refractivity contribution < 1.29 is 16.0 Å². The lowest BCUT2D eigenvalue weighted by atomic mass is 10.1. The molecule has 0 bridgehead atoms. The number of hydrogen-bond donors (Lipinski definition) is 1. The topological polar surface area (TPSA) is 63.6 Å². The van der Waals surface area contributed by atoms with Crippen molar-refractivity contribution in [2.75, 3.05) is 0 Å². The van der Waals surface area contributed by atoms with E-state index in [2.05, 4.69) is 0 Å². The number of benzene rings is 1. The second-order valence-electron chi connectivity index (χ2n) is 2.96. The highest BCUT2D eigenvalue weighted by Gasteiger charge is 2.19. The molecule has 1 rings (SSSR count). The van der Waals surface area contributed by atoms with E-state index in [0.717, 1.165) is 5.56 Å². The molecule has 0 aliphatic carbocycles. The highest BCUT2D eigenvalue weighted by Crippen LogP contribution is 2.30. The molecule has 0 amide bonds. The number of hydrogen-bond acceptors (Lipinski definition) is 3. The Labute approximate surface area is 96.7 Å². The Balaban J connectivity index is 3.56. The summed E-state index contributed by atoms with van der Waals surface area (Å²) in [6, 6.07) is 3.15. The Morgan fingerprint density at radius 3 is 2.36 bits per heavy atom. The second-order valence-corrected chi connectivity index (χ2v) is 4.79. The maximum absolute atomic E-state index is 11.0. The summed E-state index contributed by atoms with van der Waals surface area (Å²) in [6.07, 6.45) is 0. The summed E-state index contributed by atoms with van der Waals surface area (Å²) >= 11 is 1.58. The molecule has 1 N–H and O–H groups in total. The molecule has 14 heavy (non-hydrogen) atoms. The van der Waals surface area contributed by atoms with E-state index >= 15 is 0 Å². The fourth-order valence-electron chi connectivity index (χ4n) is 1.21. The Morgan fingerprint density at radius 1 is 1.36 bits per heavy atom. The summed E-state index contributed by atoms with van der Waals surface area (Å²) in [7, 11) is -4.22. The van der Waals surface area contributed by atoms with E-state index in [1.54, 1.807) is 42.9 Å². The molecule has 0 saturated heterocycles. The highest BCUT2D eigenvalue weighted by atomic mass is 127. The van der Waals surface area contributed by atoms with E-state index in [1.165, 1.54) is 6.07 Å². The quantitative estimate of drug-likeness (QED) is 0.668. The van der Waals surface area contributed by atoms with E-state index < -0.39 is 10.1 Å². The summed E-state index contributed by atoms with van der Waals surface area (Å²) in [6.45, 7) is 3.47. The van der Waals surface area contributed by atoms with Crippen LogP contribution in [0.4, 0.5) is 0 Å². The molecule has 0 atom stereocenters. The van der Waals surface area contributed by atoms with E-state index in [4.69, 9.17) is 7.62 Å². The Bertz CT molecular complexity index is 453. The lowest BCUT2D eigenvalue weighted by molar-refractivity contribution is 0.479. The fraction of sp³-hybridized carbons (Fsp3) is 0.250. The van der Waals surface area contributed by atoms with Gasteiger partial charge in [-0.3, -0.25) is 4.55 Å². The van der Waals surface area contributed by atoms with Gasteiger partial charge in [0.05, 0.1) is 0 Å². The standard InChI is InChI=1S/C8H9IO4S/c1-5-3-6(2)8(13-9)7(4-5)14(10,11)12/h3-4H,1-2H3,(H,10,11,12). The molecule has 0 radical (unpaired) electrons. The Hall–Kier alpha value is -0.340. The molecule has 0 heterocycles. The van der Waals surface area contributed by atoms with Gasteiger partial charge in [-0.1, -0.05) is 6.07 Å². The zero-order valence-electron chi connectivity index (χ0n) is 7.61. The lowest BCUT2D eigenvalue weighted by Crippen LogP contribution is -2.01. The van der Waals surface area contributed by atoms with Crippen molar-refractivity contribution in [3.05, 3.63) is 23.3 Å². The average molecular weight is 328 g/mol. The average Bonchev–Trinajstić information content (AvgIpc) is 2.01. The van der Waals surface area contributed by atoms with Crippen molar-refractivity contribution in [2.24, 2.45) is 0 Å². The first-order valence-corrected chi connectivity index (χ1v) is 6.05. The van der Waals surface area contributed by atoms with Crippen LogP contribution in [0.25, 0.3) is 0 Å². The maximum Gasteiger partial charge on any atom is 0.298 e. The molecule has 78 valence electrons.